The zero-order chi connectivity index (χ0) is 58.6. The summed E-state index contributed by atoms with van der Waals surface area (Å²) in [5.74, 6) is -3.56. The highest BCUT2D eigenvalue weighted by Crippen LogP contribution is 2.41. The molecule has 432 valence electrons. The quantitative estimate of drug-likeness (QED) is 0.0600. The fraction of sp³-hybridized carbons (Fsp3) is 0.443. The maximum Gasteiger partial charge on any atom is 0.319 e. The number of amides is 4. The number of aromatic hydroxyl groups is 1. The van der Waals surface area contributed by atoms with Gasteiger partial charge in [-0.25, -0.2) is 13.8 Å². The van der Waals surface area contributed by atoms with Crippen LogP contribution in [0, 0.1) is 42.3 Å². The number of benzene rings is 4. The minimum absolute atomic E-state index is 0.0257. The Morgan fingerprint density at radius 1 is 0.963 bits per heavy atom. The number of hydrogen-bond donors (Lipinski definition) is 4. The Hall–Kier alpha value is -7.64. The van der Waals surface area contributed by atoms with E-state index in [9.17, 15) is 39.0 Å². The van der Waals surface area contributed by atoms with Crippen LogP contribution in [0.5, 0.6) is 11.8 Å². The molecule has 0 radical (unpaired) electrons. The summed E-state index contributed by atoms with van der Waals surface area (Å²) >= 11 is 1.56. The normalized spacial score (nSPS) is 18.8. The molecule has 2 aromatic heterocycles. The monoisotopic (exact) mass is 1140 g/mol. The predicted octanol–water partition coefficient (Wildman–Crippen LogP) is 7.93. The number of nitrogens with zero attached hydrogens (tertiary/aromatic N) is 8. The topological polar surface area (TPSA) is 227 Å². The van der Waals surface area contributed by atoms with E-state index in [-0.39, 0.29) is 87.0 Å². The molecule has 0 aliphatic carbocycles. The third-order valence-electron chi connectivity index (χ3n) is 15.8. The fourth-order valence-corrected chi connectivity index (χ4v) is 12.2. The summed E-state index contributed by atoms with van der Waals surface area (Å²) in [6.07, 6.45) is 0.594. The zero-order valence-corrected chi connectivity index (χ0v) is 47.9. The van der Waals surface area contributed by atoms with E-state index in [1.165, 1.54) is 15.9 Å². The first-order chi connectivity index (χ1) is 39.2. The number of aliphatic hydroxyl groups excluding tert-OH is 1. The van der Waals surface area contributed by atoms with E-state index in [0.29, 0.717) is 48.6 Å². The van der Waals surface area contributed by atoms with E-state index >= 15 is 4.39 Å². The number of likely N-dealkylation sites (tertiary alicyclic amines) is 2. The van der Waals surface area contributed by atoms with Crippen LogP contribution in [0.15, 0.2) is 84.6 Å². The molecular formula is C61H70F2N10O8S. The maximum atomic E-state index is 17.3. The van der Waals surface area contributed by atoms with Gasteiger partial charge in [-0.2, -0.15) is 15.2 Å². The molecule has 82 heavy (non-hydrogen) atoms. The van der Waals surface area contributed by atoms with Gasteiger partial charge in [-0.3, -0.25) is 24.1 Å². The van der Waals surface area contributed by atoms with E-state index in [1.54, 1.807) is 35.9 Å². The SMILES string of the molecule is C=C(F)C(=O)N1CCN(c2nc(OCCN3CCC(COCC(=O)N[C@H](C(=O)N4C[C@H](O)C[C@H]4C(=O)N[C@@H](C)c4ccc(-c5scnc5C)cc4)C(C)(C)C)CC3)nc3c(F)c(-c4cc(O)cc5ccccc45)c(C)cc23)C[C@@H]1CC#N. The number of halogens is 2. The number of aromatic nitrogens is 3. The first kappa shape index (κ1) is 59.0. The Kier molecular flexibility index (Phi) is 18.2. The Morgan fingerprint density at radius 2 is 1.71 bits per heavy atom. The van der Waals surface area contributed by atoms with Crippen molar-refractivity contribution < 1.29 is 47.6 Å². The van der Waals surface area contributed by atoms with Crippen LogP contribution in [-0.2, 0) is 23.9 Å². The molecule has 4 N–H and O–H groups in total. The number of phenolic OH excluding ortho intramolecular Hbond substituents is 1. The van der Waals surface area contributed by atoms with Crippen molar-refractivity contribution in [3.63, 3.8) is 0 Å². The number of nitriles is 1. The average Bonchev–Trinajstić information content (AvgIpc) is 2.65. The van der Waals surface area contributed by atoms with Crippen LogP contribution in [0.1, 0.15) is 76.2 Å². The van der Waals surface area contributed by atoms with Gasteiger partial charge in [0.2, 0.25) is 17.7 Å². The van der Waals surface area contributed by atoms with Crippen LogP contribution in [0.25, 0.3) is 43.2 Å². The maximum absolute atomic E-state index is 17.3. The van der Waals surface area contributed by atoms with Crippen LogP contribution in [0.3, 0.4) is 0 Å². The number of phenols is 1. The van der Waals surface area contributed by atoms with Crippen LogP contribution in [0.4, 0.5) is 14.6 Å². The molecule has 9 rings (SSSR count). The molecule has 3 fully saturated rings. The first-order valence-corrected chi connectivity index (χ1v) is 28.6. The summed E-state index contributed by atoms with van der Waals surface area (Å²) < 4.78 is 43.6. The lowest BCUT2D eigenvalue weighted by atomic mass is 9.85. The number of piperazine rings is 1. The molecule has 4 aromatic carbocycles. The van der Waals surface area contributed by atoms with Gasteiger partial charge in [0, 0.05) is 50.1 Å². The number of fused-ring (bicyclic) bond motifs is 2. The van der Waals surface area contributed by atoms with Crippen molar-refractivity contribution in [1.82, 2.24) is 40.3 Å². The number of piperidine rings is 1. The number of carbonyl (C=O) groups is 4. The van der Waals surface area contributed by atoms with E-state index in [4.69, 9.17) is 14.5 Å². The van der Waals surface area contributed by atoms with Crippen molar-refractivity contribution in [1.29, 1.82) is 5.26 Å². The van der Waals surface area contributed by atoms with E-state index < -0.39 is 64.9 Å². The molecule has 0 bridgehead atoms. The molecule has 18 nitrogen and oxygen atoms in total. The molecule has 0 saturated carbocycles. The van der Waals surface area contributed by atoms with Gasteiger partial charge in [-0.1, -0.05) is 75.9 Å². The highest BCUT2D eigenvalue weighted by molar-refractivity contribution is 7.13. The summed E-state index contributed by atoms with van der Waals surface area (Å²) in [6.45, 7) is 16.6. The molecule has 3 saturated heterocycles. The second-order valence-corrected chi connectivity index (χ2v) is 23.6. The van der Waals surface area contributed by atoms with E-state index in [1.807, 2.05) is 88.0 Å². The lowest BCUT2D eigenvalue weighted by Gasteiger charge is -2.41. The number of thiazole rings is 1. The minimum atomic E-state index is -1.13. The van der Waals surface area contributed by atoms with Gasteiger partial charge in [0.25, 0.3) is 5.91 Å². The van der Waals surface area contributed by atoms with Gasteiger partial charge in [0.1, 0.15) is 42.4 Å². The lowest BCUT2D eigenvalue weighted by molar-refractivity contribution is -0.144. The smallest absolute Gasteiger partial charge is 0.319 e. The number of aliphatic hydroxyl groups is 1. The van der Waals surface area contributed by atoms with Crippen molar-refractivity contribution in [2.24, 2.45) is 11.3 Å². The van der Waals surface area contributed by atoms with Crippen LogP contribution < -0.4 is 20.3 Å². The third-order valence-corrected chi connectivity index (χ3v) is 16.8. The molecule has 0 unspecified atom stereocenters. The number of β-amino-alcohol motifs (C(OH)–C–C–N with tert-alkyl or cyclic N) is 1. The van der Waals surface area contributed by atoms with E-state index in [0.717, 1.165) is 45.3 Å². The number of rotatable bonds is 18. The molecule has 3 aliphatic heterocycles. The van der Waals surface area contributed by atoms with Gasteiger partial charge in [-0.05, 0) is 109 Å². The van der Waals surface area contributed by atoms with Gasteiger partial charge < -0.3 is 45.0 Å². The molecule has 5 atom stereocenters. The zero-order valence-electron chi connectivity index (χ0n) is 47.1. The molecular weight excluding hydrogens is 1070 g/mol. The Morgan fingerprint density at radius 3 is 2.40 bits per heavy atom. The Balaban J connectivity index is 0.799. The van der Waals surface area contributed by atoms with Crippen molar-refractivity contribution in [2.45, 2.75) is 97.5 Å². The largest absolute Gasteiger partial charge is 0.508 e. The third kappa shape index (κ3) is 13.2. The number of hydrogen-bond acceptors (Lipinski definition) is 15. The number of carbonyl (C=O) groups excluding carboxylic acids is 4. The molecule has 21 heteroatoms. The van der Waals surface area contributed by atoms with Crippen molar-refractivity contribution in [2.75, 3.05) is 70.5 Å². The molecule has 0 spiro atoms. The average molecular weight is 1140 g/mol. The minimum Gasteiger partial charge on any atom is -0.508 e. The lowest BCUT2D eigenvalue weighted by Crippen LogP contribution is -2.58. The first-order valence-electron chi connectivity index (χ1n) is 27.7. The summed E-state index contributed by atoms with van der Waals surface area (Å²) in [4.78, 5) is 75.9. The van der Waals surface area contributed by atoms with Gasteiger partial charge in [0.15, 0.2) is 11.6 Å². The standard InChI is InChI=1S/C61H70F2N10O8S/c1-35-26-48-53(52(63)51(35)47-28-44(74)27-42-10-8-9-11-46(42)47)68-60(69-56(48)71-22-23-72(58(78)36(2)62)43(30-71)16-19-64)81-25-24-70-20-17-39(18-21-70)32-80-33-50(76)67-55(61(5,6)7)59(79)73-31-45(75)29-49(73)57(77)66-37(3)40-12-14-41(15-13-40)54-38(4)65-34-82-54/h8-15,26-28,34,37,39,43,45,49,55,74-75H,2,16-18,20-25,29-33H2,1,3-7H3,(H,66,77)(H,67,76)/t37-,43-,45+,49-,55+/m0/s1. The summed E-state index contributed by atoms with van der Waals surface area (Å²) in [7, 11) is 0. The fourth-order valence-electron chi connectivity index (χ4n) is 11.4. The van der Waals surface area contributed by atoms with Gasteiger partial charge in [0.05, 0.1) is 53.4 Å². The second kappa shape index (κ2) is 25.2. The number of nitrogens with one attached hydrogen (secondary N) is 2. The number of aryl methyl sites for hydroxylation is 2. The molecule has 6 aromatic rings. The second-order valence-electron chi connectivity index (χ2n) is 22.7. The van der Waals surface area contributed by atoms with Crippen molar-refractivity contribution >= 4 is 62.5 Å². The van der Waals surface area contributed by atoms with Crippen LogP contribution in [0.2, 0.25) is 0 Å². The van der Waals surface area contributed by atoms with E-state index in [2.05, 4.69) is 38.1 Å². The van der Waals surface area contributed by atoms with Crippen LogP contribution in [-0.4, -0.2) is 153 Å². The predicted molar refractivity (Wildman–Crippen MR) is 309 cm³/mol. The summed E-state index contributed by atoms with van der Waals surface area (Å²) in [5.41, 5.74) is 5.17. The summed E-state index contributed by atoms with van der Waals surface area (Å²) in [5, 5.41) is 38.9. The Bertz CT molecular complexity index is 3410. The van der Waals surface area contributed by atoms with Crippen molar-refractivity contribution in [3.8, 4) is 39.4 Å². The van der Waals surface area contributed by atoms with Crippen LogP contribution >= 0.6 is 11.3 Å². The van der Waals surface area contributed by atoms with Gasteiger partial charge >= 0.3 is 6.01 Å². The van der Waals surface area contributed by atoms with Crippen molar-refractivity contribution in [3.05, 3.63) is 107 Å². The van der Waals surface area contributed by atoms with Gasteiger partial charge in [-0.15, -0.1) is 11.3 Å². The highest BCUT2D eigenvalue weighted by Gasteiger charge is 2.45. The Labute approximate surface area is 479 Å². The highest BCUT2D eigenvalue weighted by atomic mass is 32.1. The number of ether oxygens (including phenoxy) is 2. The summed E-state index contributed by atoms with van der Waals surface area (Å²) in [6, 6.07) is 19.2. The molecule has 4 amide bonds. The molecule has 3 aliphatic rings. The molecule has 5 heterocycles. The number of anilines is 1.